The summed E-state index contributed by atoms with van der Waals surface area (Å²) in [4.78, 5) is 4.12. The zero-order chi connectivity index (χ0) is 7.40. The SMILES string of the molecule is CCC(C)c1ccc[c]n1. The second-order valence-electron chi connectivity index (χ2n) is 2.50. The summed E-state index contributed by atoms with van der Waals surface area (Å²) >= 11 is 0. The van der Waals surface area contributed by atoms with Gasteiger partial charge in [0.25, 0.3) is 0 Å². The van der Waals surface area contributed by atoms with E-state index in [4.69, 9.17) is 0 Å². The van der Waals surface area contributed by atoms with E-state index in [1.165, 1.54) is 0 Å². The van der Waals surface area contributed by atoms with Gasteiger partial charge in [-0.05, 0) is 24.5 Å². The van der Waals surface area contributed by atoms with Crippen molar-refractivity contribution >= 4 is 0 Å². The molecule has 0 aliphatic rings. The molecule has 1 aromatic rings. The van der Waals surface area contributed by atoms with E-state index in [-0.39, 0.29) is 0 Å². The molecule has 1 heterocycles. The molecule has 1 atom stereocenters. The Labute approximate surface area is 62.1 Å². The van der Waals surface area contributed by atoms with Crippen molar-refractivity contribution in [2.24, 2.45) is 0 Å². The molecule has 1 rings (SSSR count). The van der Waals surface area contributed by atoms with E-state index >= 15 is 0 Å². The van der Waals surface area contributed by atoms with Gasteiger partial charge in [-0.1, -0.05) is 19.9 Å². The van der Waals surface area contributed by atoms with Gasteiger partial charge in [0.05, 0.1) is 6.20 Å². The molecule has 0 spiro atoms. The third kappa shape index (κ3) is 1.56. The molecule has 0 aromatic carbocycles. The highest BCUT2D eigenvalue weighted by molar-refractivity contribution is 5.07. The van der Waals surface area contributed by atoms with Crippen LogP contribution in [0.2, 0.25) is 0 Å². The third-order valence-electron chi connectivity index (χ3n) is 1.75. The van der Waals surface area contributed by atoms with Crippen LogP contribution in [0, 0.1) is 6.20 Å². The molecule has 0 fully saturated rings. The molecular weight excluding hydrogens is 122 g/mol. The van der Waals surface area contributed by atoms with Crippen molar-refractivity contribution in [1.29, 1.82) is 0 Å². The summed E-state index contributed by atoms with van der Waals surface area (Å²) in [6, 6.07) is 5.85. The topological polar surface area (TPSA) is 12.9 Å². The molecule has 0 saturated heterocycles. The van der Waals surface area contributed by atoms with Gasteiger partial charge in [0.15, 0.2) is 0 Å². The molecule has 1 unspecified atom stereocenters. The van der Waals surface area contributed by atoms with Gasteiger partial charge < -0.3 is 0 Å². The first kappa shape index (κ1) is 7.26. The molecule has 1 nitrogen and oxygen atoms in total. The summed E-state index contributed by atoms with van der Waals surface area (Å²) in [6.07, 6.45) is 3.97. The van der Waals surface area contributed by atoms with Gasteiger partial charge in [0.2, 0.25) is 0 Å². The van der Waals surface area contributed by atoms with Crippen LogP contribution in [0.4, 0.5) is 0 Å². The normalized spacial score (nSPS) is 13.0. The Kier molecular flexibility index (Phi) is 2.43. The van der Waals surface area contributed by atoms with Gasteiger partial charge in [0, 0.05) is 5.69 Å². The fourth-order valence-corrected chi connectivity index (χ4v) is 0.822. The zero-order valence-corrected chi connectivity index (χ0v) is 6.46. The fraction of sp³-hybridized carbons (Fsp3) is 0.444. The van der Waals surface area contributed by atoms with Crippen LogP contribution in [-0.2, 0) is 0 Å². The minimum atomic E-state index is 0.567. The first-order valence-electron chi connectivity index (χ1n) is 3.67. The lowest BCUT2D eigenvalue weighted by molar-refractivity contribution is 0.707. The first-order valence-corrected chi connectivity index (χ1v) is 3.67. The molecule has 0 saturated carbocycles. The number of nitrogens with zero attached hydrogens (tertiary/aromatic N) is 1. The maximum Gasteiger partial charge on any atom is 0.0889 e. The molecule has 1 radical (unpaired) electrons. The monoisotopic (exact) mass is 134 g/mol. The van der Waals surface area contributed by atoms with Crippen molar-refractivity contribution in [2.45, 2.75) is 26.2 Å². The van der Waals surface area contributed by atoms with E-state index in [9.17, 15) is 0 Å². The average molecular weight is 134 g/mol. The largest absolute Gasteiger partial charge is 0.251 e. The van der Waals surface area contributed by atoms with Gasteiger partial charge >= 0.3 is 0 Å². The molecule has 1 heteroatoms. The van der Waals surface area contributed by atoms with Crippen LogP contribution in [0.5, 0.6) is 0 Å². The van der Waals surface area contributed by atoms with Crippen LogP contribution >= 0.6 is 0 Å². The summed E-state index contributed by atoms with van der Waals surface area (Å²) in [5.41, 5.74) is 1.14. The van der Waals surface area contributed by atoms with Gasteiger partial charge in [-0.2, -0.15) is 0 Å². The highest BCUT2D eigenvalue weighted by atomic mass is 14.7. The summed E-state index contributed by atoms with van der Waals surface area (Å²) < 4.78 is 0. The Bertz CT molecular complexity index is 181. The standard InChI is InChI=1S/C9H12N/c1-3-8(2)9-6-4-5-7-10-9/h4-6,8H,3H2,1-2H3. The van der Waals surface area contributed by atoms with Crippen LogP contribution in [-0.4, -0.2) is 4.98 Å². The number of pyridine rings is 1. The van der Waals surface area contributed by atoms with Crippen molar-refractivity contribution in [3.63, 3.8) is 0 Å². The van der Waals surface area contributed by atoms with Gasteiger partial charge in [-0.25, -0.2) is 0 Å². The van der Waals surface area contributed by atoms with E-state index in [2.05, 4.69) is 25.0 Å². The third-order valence-corrected chi connectivity index (χ3v) is 1.75. The van der Waals surface area contributed by atoms with Crippen molar-refractivity contribution in [3.8, 4) is 0 Å². The molecule has 10 heavy (non-hydrogen) atoms. The molecule has 1 aromatic heterocycles. The number of hydrogen-bond acceptors (Lipinski definition) is 1. The van der Waals surface area contributed by atoms with Crippen LogP contribution in [0.1, 0.15) is 31.9 Å². The van der Waals surface area contributed by atoms with E-state index < -0.39 is 0 Å². The predicted octanol–water partition coefficient (Wildman–Crippen LogP) is 2.40. The highest BCUT2D eigenvalue weighted by Gasteiger charge is 2.00. The van der Waals surface area contributed by atoms with E-state index in [0.717, 1.165) is 12.1 Å². The molecule has 0 aliphatic heterocycles. The summed E-state index contributed by atoms with van der Waals surface area (Å²) in [5, 5.41) is 0. The summed E-state index contributed by atoms with van der Waals surface area (Å²) in [6.45, 7) is 4.34. The fourth-order valence-electron chi connectivity index (χ4n) is 0.822. The minimum Gasteiger partial charge on any atom is -0.251 e. The van der Waals surface area contributed by atoms with Crippen molar-refractivity contribution in [2.75, 3.05) is 0 Å². The van der Waals surface area contributed by atoms with Gasteiger partial charge in [-0.15, -0.1) is 0 Å². The summed E-state index contributed by atoms with van der Waals surface area (Å²) in [5.74, 6) is 0.567. The Morgan fingerprint density at radius 2 is 2.50 bits per heavy atom. The van der Waals surface area contributed by atoms with Crippen LogP contribution in [0.3, 0.4) is 0 Å². The smallest absolute Gasteiger partial charge is 0.0889 e. The number of hydrogen-bond donors (Lipinski definition) is 0. The Balaban J connectivity index is 2.75. The summed E-state index contributed by atoms with van der Waals surface area (Å²) in [7, 11) is 0. The maximum atomic E-state index is 4.12. The quantitative estimate of drug-likeness (QED) is 0.605. The number of aromatic nitrogens is 1. The highest BCUT2D eigenvalue weighted by Crippen LogP contribution is 2.13. The van der Waals surface area contributed by atoms with Gasteiger partial charge in [0.1, 0.15) is 0 Å². The van der Waals surface area contributed by atoms with E-state index in [1.54, 1.807) is 0 Å². The second-order valence-corrected chi connectivity index (χ2v) is 2.50. The predicted molar refractivity (Wildman–Crippen MR) is 41.8 cm³/mol. The molecular formula is C9H12N. The van der Waals surface area contributed by atoms with Crippen LogP contribution in [0.25, 0.3) is 0 Å². The van der Waals surface area contributed by atoms with Crippen LogP contribution in [0.15, 0.2) is 18.2 Å². The first-order chi connectivity index (χ1) is 4.84. The van der Waals surface area contributed by atoms with Crippen molar-refractivity contribution < 1.29 is 0 Å². The Morgan fingerprint density at radius 3 is 3.00 bits per heavy atom. The molecule has 0 aliphatic carbocycles. The molecule has 0 N–H and O–H groups in total. The van der Waals surface area contributed by atoms with E-state index in [0.29, 0.717) is 5.92 Å². The van der Waals surface area contributed by atoms with Gasteiger partial charge in [-0.3, -0.25) is 4.98 Å². The van der Waals surface area contributed by atoms with Crippen molar-refractivity contribution in [1.82, 2.24) is 4.98 Å². The zero-order valence-electron chi connectivity index (χ0n) is 6.46. The minimum absolute atomic E-state index is 0.567. The Morgan fingerprint density at radius 1 is 1.70 bits per heavy atom. The van der Waals surface area contributed by atoms with Crippen molar-refractivity contribution in [3.05, 3.63) is 30.1 Å². The molecule has 0 bridgehead atoms. The molecule has 53 valence electrons. The number of rotatable bonds is 2. The second kappa shape index (κ2) is 3.35. The lowest BCUT2D eigenvalue weighted by Gasteiger charge is -2.04. The molecule has 0 amide bonds. The lowest BCUT2D eigenvalue weighted by atomic mass is 10.1. The maximum absolute atomic E-state index is 4.12. The lowest BCUT2D eigenvalue weighted by Crippen LogP contribution is -1.93. The van der Waals surface area contributed by atoms with E-state index in [1.807, 2.05) is 18.2 Å². The average Bonchev–Trinajstić information content (AvgIpc) is 2.05. The Hall–Kier alpha value is -0.850. The van der Waals surface area contributed by atoms with Crippen LogP contribution < -0.4 is 0 Å².